The van der Waals surface area contributed by atoms with Crippen molar-refractivity contribution < 1.29 is 14.5 Å². The van der Waals surface area contributed by atoms with Crippen molar-refractivity contribution in [2.24, 2.45) is 0 Å². The fraction of sp³-hybridized carbons (Fsp3) is 0.143. The zero-order valence-corrected chi connectivity index (χ0v) is 12.5. The van der Waals surface area contributed by atoms with Crippen LogP contribution < -0.4 is 10.6 Å². The Bertz CT molecular complexity index is 713. The molecule has 1 aromatic heterocycles. The number of aryl methyl sites for hydroxylation is 1. The summed E-state index contributed by atoms with van der Waals surface area (Å²) in [7, 11) is 0. The smallest absolute Gasteiger partial charge is 0.313 e. The number of hydrogen-bond acceptors (Lipinski definition) is 5. The first-order valence-corrected chi connectivity index (χ1v) is 7.27. The summed E-state index contributed by atoms with van der Waals surface area (Å²) in [4.78, 5) is 33.7. The topological polar surface area (TPSA) is 101 Å². The third-order valence-electron chi connectivity index (χ3n) is 2.92. The highest BCUT2D eigenvalue weighted by atomic mass is 32.1. The van der Waals surface area contributed by atoms with Gasteiger partial charge in [0, 0.05) is 18.7 Å². The van der Waals surface area contributed by atoms with E-state index < -0.39 is 16.7 Å². The average molecular weight is 319 g/mol. The number of anilines is 1. The molecule has 0 bridgehead atoms. The lowest BCUT2D eigenvalue weighted by molar-refractivity contribution is -0.384. The van der Waals surface area contributed by atoms with Crippen LogP contribution in [0.1, 0.15) is 11.1 Å². The number of thiophene rings is 1. The molecule has 2 rings (SSSR count). The van der Waals surface area contributed by atoms with Crippen molar-refractivity contribution in [3.63, 3.8) is 0 Å². The summed E-state index contributed by atoms with van der Waals surface area (Å²) < 4.78 is 0. The first-order chi connectivity index (χ1) is 10.5. The van der Waals surface area contributed by atoms with Crippen LogP contribution in [0.3, 0.4) is 0 Å². The molecule has 22 heavy (non-hydrogen) atoms. The summed E-state index contributed by atoms with van der Waals surface area (Å²) >= 11 is 1.49. The molecule has 2 amide bonds. The fourth-order valence-corrected chi connectivity index (χ4v) is 2.36. The highest BCUT2D eigenvalue weighted by Crippen LogP contribution is 2.21. The number of amides is 2. The van der Waals surface area contributed by atoms with Crippen LogP contribution in [0.25, 0.3) is 0 Å². The third-order valence-corrected chi connectivity index (χ3v) is 3.65. The van der Waals surface area contributed by atoms with Gasteiger partial charge >= 0.3 is 11.8 Å². The molecule has 114 valence electrons. The molecule has 0 aliphatic heterocycles. The molecule has 0 unspecified atom stereocenters. The summed E-state index contributed by atoms with van der Waals surface area (Å²) in [5.74, 6) is -1.66. The van der Waals surface area contributed by atoms with E-state index in [2.05, 4.69) is 10.6 Å². The van der Waals surface area contributed by atoms with E-state index in [1.807, 2.05) is 16.8 Å². The van der Waals surface area contributed by atoms with E-state index in [1.54, 1.807) is 6.92 Å². The van der Waals surface area contributed by atoms with Crippen LogP contribution in [0.2, 0.25) is 0 Å². The highest BCUT2D eigenvalue weighted by molar-refractivity contribution is 7.07. The summed E-state index contributed by atoms with van der Waals surface area (Å²) in [6.07, 6.45) is 0. The Hall–Kier alpha value is -2.74. The van der Waals surface area contributed by atoms with Crippen molar-refractivity contribution in [2.45, 2.75) is 13.5 Å². The van der Waals surface area contributed by atoms with Crippen LogP contribution in [-0.4, -0.2) is 16.7 Å². The van der Waals surface area contributed by atoms with Gasteiger partial charge < -0.3 is 10.6 Å². The van der Waals surface area contributed by atoms with Gasteiger partial charge in [-0.3, -0.25) is 19.7 Å². The normalized spacial score (nSPS) is 10.0. The van der Waals surface area contributed by atoms with Crippen molar-refractivity contribution in [3.05, 3.63) is 56.3 Å². The van der Waals surface area contributed by atoms with E-state index in [0.29, 0.717) is 5.56 Å². The Kier molecular flexibility index (Phi) is 4.84. The van der Waals surface area contributed by atoms with Crippen molar-refractivity contribution >= 4 is 34.5 Å². The van der Waals surface area contributed by atoms with Gasteiger partial charge in [0.25, 0.3) is 5.69 Å². The molecule has 0 saturated carbocycles. The van der Waals surface area contributed by atoms with E-state index >= 15 is 0 Å². The number of nitrogens with zero attached hydrogens (tertiary/aromatic N) is 1. The second-order valence-corrected chi connectivity index (χ2v) is 5.30. The van der Waals surface area contributed by atoms with Crippen LogP contribution in [0.15, 0.2) is 35.0 Å². The van der Waals surface area contributed by atoms with Crippen molar-refractivity contribution in [1.29, 1.82) is 0 Å². The van der Waals surface area contributed by atoms with Gasteiger partial charge in [0.05, 0.1) is 10.6 Å². The van der Waals surface area contributed by atoms with E-state index in [-0.39, 0.29) is 17.9 Å². The Morgan fingerprint density at radius 2 is 2.05 bits per heavy atom. The Balaban J connectivity index is 2.00. The predicted molar refractivity (Wildman–Crippen MR) is 82.6 cm³/mol. The molecule has 1 aromatic carbocycles. The largest absolute Gasteiger partial charge is 0.344 e. The molecule has 0 radical (unpaired) electrons. The van der Waals surface area contributed by atoms with Crippen LogP contribution in [0.5, 0.6) is 0 Å². The molecule has 2 aromatic rings. The first kappa shape index (κ1) is 15.6. The molecule has 1 heterocycles. The number of benzene rings is 1. The minimum Gasteiger partial charge on any atom is -0.344 e. The number of rotatable bonds is 4. The monoisotopic (exact) mass is 319 g/mol. The number of carbonyl (C=O) groups is 2. The van der Waals surface area contributed by atoms with Crippen LogP contribution >= 0.6 is 11.3 Å². The summed E-state index contributed by atoms with van der Waals surface area (Å²) in [5.41, 5.74) is 1.62. The fourth-order valence-electron chi connectivity index (χ4n) is 1.69. The average Bonchev–Trinajstić information content (AvgIpc) is 3.00. The third kappa shape index (κ3) is 3.89. The van der Waals surface area contributed by atoms with Crippen LogP contribution in [0.4, 0.5) is 11.4 Å². The molecule has 2 N–H and O–H groups in total. The zero-order valence-electron chi connectivity index (χ0n) is 11.7. The van der Waals surface area contributed by atoms with Crippen LogP contribution in [0, 0.1) is 17.0 Å². The lowest BCUT2D eigenvalue weighted by atomic mass is 10.2. The first-order valence-electron chi connectivity index (χ1n) is 6.32. The number of hydrogen-bond donors (Lipinski definition) is 2. The highest BCUT2D eigenvalue weighted by Gasteiger charge is 2.16. The van der Waals surface area contributed by atoms with Gasteiger partial charge in [-0.15, -0.1) is 0 Å². The van der Waals surface area contributed by atoms with Gasteiger partial charge in [-0.25, -0.2) is 0 Å². The van der Waals surface area contributed by atoms with Gasteiger partial charge in [0.1, 0.15) is 0 Å². The molecule has 7 nitrogen and oxygen atoms in total. The lowest BCUT2D eigenvalue weighted by Gasteiger charge is -2.08. The number of non-ortho nitro benzene ring substituents is 1. The van der Waals surface area contributed by atoms with E-state index in [9.17, 15) is 19.7 Å². The van der Waals surface area contributed by atoms with Crippen molar-refractivity contribution in [2.75, 3.05) is 5.32 Å². The lowest BCUT2D eigenvalue weighted by Crippen LogP contribution is -2.35. The standard InChI is InChI=1S/C14H13N3O4S/c1-9-2-3-11(17(20)21)6-12(9)16-14(19)13(18)15-7-10-4-5-22-8-10/h2-6,8H,7H2,1H3,(H,15,18)(H,16,19). The number of nitro benzene ring substituents is 1. The molecule has 0 aliphatic rings. The minimum atomic E-state index is -0.862. The van der Waals surface area contributed by atoms with Gasteiger partial charge in [-0.2, -0.15) is 11.3 Å². The Morgan fingerprint density at radius 1 is 1.27 bits per heavy atom. The molecule has 0 saturated heterocycles. The molecular formula is C14H13N3O4S. The molecule has 8 heteroatoms. The maximum atomic E-state index is 11.8. The number of nitro groups is 1. The van der Waals surface area contributed by atoms with Gasteiger partial charge in [-0.1, -0.05) is 6.07 Å². The summed E-state index contributed by atoms with van der Waals surface area (Å²) in [5, 5.41) is 19.3. The van der Waals surface area contributed by atoms with Gasteiger partial charge in [0.15, 0.2) is 0 Å². The second-order valence-electron chi connectivity index (χ2n) is 4.52. The van der Waals surface area contributed by atoms with Crippen LogP contribution in [-0.2, 0) is 16.1 Å². The van der Waals surface area contributed by atoms with Gasteiger partial charge in [0.2, 0.25) is 0 Å². The summed E-state index contributed by atoms with van der Waals surface area (Å²) in [6, 6.07) is 5.91. The minimum absolute atomic E-state index is 0.153. The van der Waals surface area contributed by atoms with E-state index in [4.69, 9.17) is 0 Å². The molecule has 0 spiro atoms. The molecule has 0 aliphatic carbocycles. The number of nitrogens with one attached hydrogen (secondary N) is 2. The zero-order chi connectivity index (χ0) is 16.1. The second kappa shape index (κ2) is 6.81. The Morgan fingerprint density at radius 3 is 2.68 bits per heavy atom. The number of carbonyl (C=O) groups excluding carboxylic acids is 2. The van der Waals surface area contributed by atoms with Crippen molar-refractivity contribution in [3.8, 4) is 0 Å². The SMILES string of the molecule is Cc1ccc([N+](=O)[O-])cc1NC(=O)C(=O)NCc1ccsc1. The predicted octanol–water partition coefficient (Wildman–Crippen LogP) is 2.22. The van der Waals surface area contributed by atoms with E-state index in [0.717, 1.165) is 5.56 Å². The van der Waals surface area contributed by atoms with E-state index in [1.165, 1.54) is 29.5 Å². The molecular weight excluding hydrogens is 306 g/mol. The maximum Gasteiger partial charge on any atom is 0.313 e. The Labute approximate surface area is 130 Å². The quantitative estimate of drug-likeness (QED) is 0.512. The summed E-state index contributed by atoms with van der Waals surface area (Å²) in [6.45, 7) is 1.94. The maximum absolute atomic E-state index is 11.8. The molecule has 0 fully saturated rings. The molecule has 0 atom stereocenters. The van der Waals surface area contributed by atoms with Crippen molar-refractivity contribution in [1.82, 2.24) is 5.32 Å². The van der Waals surface area contributed by atoms with Gasteiger partial charge in [-0.05, 0) is 34.9 Å².